The lowest BCUT2D eigenvalue weighted by Crippen LogP contribution is -2.01. The number of rotatable bonds is 9. The highest BCUT2D eigenvalue weighted by Crippen LogP contribution is 2.28. The van der Waals surface area contributed by atoms with E-state index in [0.29, 0.717) is 22.6 Å². The highest BCUT2D eigenvalue weighted by Gasteiger charge is 2.06. The lowest BCUT2D eigenvalue weighted by atomic mass is 10.1. The van der Waals surface area contributed by atoms with Crippen LogP contribution in [0.3, 0.4) is 0 Å². The Kier molecular flexibility index (Phi) is 7.21. The molecule has 0 atom stereocenters. The molecule has 0 aliphatic rings. The van der Waals surface area contributed by atoms with Gasteiger partial charge in [0.25, 0.3) is 0 Å². The van der Waals surface area contributed by atoms with Crippen LogP contribution < -0.4 is 9.47 Å². The molecule has 2 aromatic carbocycles. The van der Waals surface area contributed by atoms with Gasteiger partial charge in [-0.1, -0.05) is 24.3 Å². The first kappa shape index (κ1) is 20.6. The summed E-state index contributed by atoms with van der Waals surface area (Å²) < 4.78 is 10.0. The Morgan fingerprint density at radius 1 is 0.929 bits per heavy atom. The van der Waals surface area contributed by atoms with Gasteiger partial charge in [-0.05, 0) is 52.7 Å². The average Bonchev–Trinajstić information content (AvgIpc) is 2.71. The second-order valence-electron chi connectivity index (χ2n) is 5.73. The smallest absolute Gasteiger partial charge is 0.163 e. The van der Waals surface area contributed by atoms with Crippen LogP contribution in [0.25, 0.3) is 12.2 Å². The molecular weight excluding hydrogens is 362 g/mol. The van der Waals surface area contributed by atoms with Crippen LogP contribution in [0, 0.1) is 4.91 Å². The molecule has 0 spiro atoms. The van der Waals surface area contributed by atoms with Crippen molar-refractivity contribution >= 4 is 29.4 Å². The topological polar surface area (TPSA) is 102 Å². The zero-order valence-corrected chi connectivity index (χ0v) is 15.4. The monoisotopic (exact) mass is 381 g/mol. The van der Waals surface area contributed by atoms with E-state index in [9.17, 15) is 19.6 Å². The van der Waals surface area contributed by atoms with Gasteiger partial charge in [-0.3, -0.25) is 9.59 Å². The molecule has 0 radical (unpaired) electrons. The zero-order valence-electron chi connectivity index (χ0n) is 15.4. The van der Waals surface area contributed by atoms with Crippen molar-refractivity contribution < 1.29 is 24.2 Å². The van der Waals surface area contributed by atoms with Gasteiger partial charge in [-0.2, -0.15) is 0 Å². The number of nitroso groups, excluding NO2 is 1. The van der Waals surface area contributed by atoms with Crippen molar-refractivity contribution in [3.8, 4) is 17.2 Å². The molecule has 0 saturated carbocycles. The molecule has 28 heavy (non-hydrogen) atoms. The van der Waals surface area contributed by atoms with Gasteiger partial charge in [0.1, 0.15) is 11.4 Å². The molecule has 2 rings (SSSR count). The summed E-state index contributed by atoms with van der Waals surface area (Å²) in [5, 5.41) is 12.4. The third-order valence-corrected chi connectivity index (χ3v) is 3.78. The number of allylic oxidation sites excluding steroid dienone is 2. The zero-order chi connectivity index (χ0) is 20.5. The van der Waals surface area contributed by atoms with E-state index in [4.69, 9.17) is 9.47 Å². The molecule has 1 N–H and O–H groups in total. The molecule has 0 fully saturated rings. The SMILES string of the molecule is COc1cc(/C=C/C(=O)CC(=O)/C=C/c2ccc(N=O)c(OC)c2)ccc1O. The molecule has 7 nitrogen and oxygen atoms in total. The summed E-state index contributed by atoms with van der Waals surface area (Å²) in [6.45, 7) is 0. The predicted octanol–water partition coefficient (Wildman–Crippen LogP) is 4.06. The lowest BCUT2D eigenvalue weighted by molar-refractivity contribution is -0.121. The third-order valence-electron chi connectivity index (χ3n) is 3.78. The Labute approximate surface area is 161 Å². The largest absolute Gasteiger partial charge is 0.504 e. The number of ketones is 2. The van der Waals surface area contributed by atoms with Crippen molar-refractivity contribution in [3.63, 3.8) is 0 Å². The molecule has 0 saturated heterocycles. The molecule has 144 valence electrons. The maximum absolute atomic E-state index is 12.0. The summed E-state index contributed by atoms with van der Waals surface area (Å²) >= 11 is 0. The molecular formula is C21H19NO6. The first-order valence-corrected chi connectivity index (χ1v) is 8.27. The Morgan fingerprint density at radius 3 is 2.00 bits per heavy atom. The lowest BCUT2D eigenvalue weighted by Gasteiger charge is -2.03. The summed E-state index contributed by atoms with van der Waals surface area (Å²) in [6.07, 6.45) is 5.37. The van der Waals surface area contributed by atoms with Crippen LogP contribution >= 0.6 is 0 Å². The van der Waals surface area contributed by atoms with Gasteiger partial charge in [0, 0.05) is 0 Å². The number of phenols is 1. The normalized spacial score (nSPS) is 10.9. The number of carbonyl (C=O) groups excluding carboxylic acids is 2. The summed E-state index contributed by atoms with van der Waals surface area (Å²) in [4.78, 5) is 34.6. The van der Waals surface area contributed by atoms with Gasteiger partial charge in [0.05, 0.1) is 20.6 Å². The van der Waals surface area contributed by atoms with Gasteiger partial charge in [-0.15, -0.1) is 4.91 Å². The first-order chi connectivity index (χ1) is 13.5. The molecule has 0 unspecified atom stereocenters. The maximum Gasteiger partial charge on any atom is 0.163 e. The summed E-state index contributed by atoms with van der Waals surface area (Å²) in [5.41, 5.74) is 1.45. The van der Waals surface area contributed by atoms with Gasteiger partial charge in [0.2, 0.25) is 0 Å². The van der Waals surface area contributed by atoms with Crippen molar-refractivity contribution in [3.05, 3.63) is 64.6 Å². The van der Waals surface area contributed by atoms with Gasteiger partial charge < -0.3 is 14.6 Å². The van der Waals surface area contributed by atoms with Gasteiger partial charge in [-0.25, -0.2) is 0 Å². The standard InChI is InChI=1S/C21H19NO6/c1-27-20-11-14(5-9-18(20)22-26)3-7-16(23)13-17(24)8-4-15-6-10-19(25)21(12-15)28-2/h3-12,25H,13H2,1-2H3/b7-3+,8-4+. The van der Waals surface area contributed by atoms with Gasteiger partial charge >= 0.3 is 0 Å². The van der Waals surface area contributed by atoms with Gasteiger partial charge in [0.15, 0.2) is 23.1 Å². The second kappa shape index (κ2) is 9.82. The second-order valence-corrected chi connectivity index (χ2v) is 5.73. The molecule has 0 aliphatic carbocycles. The van der Waals surface area contributed by atoms with Crippen LogP contribution in [0.2, 0.25) is 0 Å². The van der Waals surface area contributed by atoms with Crippen LogP contribution in [0.5, 0.6) is 17.2 Å². The molecule has 0 bridgehead atoms. The number of benzene rings is 2. The fourth-order valence-corrected chi connectivity index (χ4v) is 2.34. The Bertz CT molecular complexity index is 946. The van der Waals surface area contributed by atoms with E-state index in [1.165, 1.54) is 50.7 Å². The van der Waals surface area contributed by atoms with Crippen LogP contribution in [-0.4, -0.2) is 30.9 Å². The molecule has 2 aromatic rings. The number of nitrogens with zero attached hydrogens (tertiary/aromatic N) is 1. The predicted molar refractivity (Wildman–Crippen MR) is 106 cm³/mol. The Hall–Kier alpha value is -3.74. The molecule has 0 aliphatic heterocycles. The third kappa shape index (κ3) is 5.63. The van der Waals surface area contributed by atoms with E-state index in [1.807, 2.05) is 0 Å². The van der Waals surface area contributed by atoms with Crippen LogP contribution in [0.1, 0.15) is 17.5 Å². The van der Waals surface area contributed by atoms with Crippen LogP contribution in [0.15, 0.2) is 53.7 Å². The number of methoxy groups -OCH3 is 2. The fourth-order valence-electron chi connectivity index (χ4n) is 2.34. The van der Waals surface area contributed by atoms with E-state index >= 15 is 0 Å². The number of aromatic hydroxyl groups is 1. The van der Waals surface area contributed by atoms with Crippen molar-refractivity contribution in [2.24, 2.45) is 5.18 Å². The summed E-state index contributed by atoms with van der Waals surface area (Å²) in [6, 6.07) is 9.32. The molecule has 0 aromatic heterocycles. The summed E-state index contributed by atoms with van der Waals surface area (Å²) in [5.74, 6) is -0.137. The number of ether oxygens (including phenoxy) is 2. The minimum Gasteiger partial charge on any atom is -0.504 e. The van der Waals surface area contributed by atoms with E-state index in [1.54, 1.807) is 24.3 Å². The molecule has 7 heteroatoms. The van der Waals surface area contributed by atoms with Crippen molar-refractivity contribution in [1.29, 1.82) is 0 Å². The van der Waals surface area contributed by atoms with Crippen LogP contribution in [0.4, 0.5) is 5.69 Å². The van der Waals surface area contributed by atoms with Crippen molar-refractivity contribution in [1.82, 2.24) is 0 Å². The maximum atomic E-state index is 12.0. The minimum atomic E-state index is -0.366. The van der Waals surface area contributed by atoms with E-state index in [-0.39, 0.29) is 29.4 Å². The average molecular weight is 381 g/mol. The van der Waals surface area contributed by atoms with Crippen molar-refractivity contribution in [2.45, 2.75) is 6.42 Å². The minimum absolute atomic E-state index is 0.000113. The number of phenolic OH excluding ortho intramolecular Hbond substituents is 1. The fraction of sp³-hybridized carbons (Fsp3) is 0.143. The van der Waals surface area contributed by atoms with E-state index in [0.717, 1.165) is 0 Å². The quantitative estimate of drug-likeness (QED) is 0.399. The van der Waals surface area contributed by atoms with E-state index in [2.05, 4.69) is 5.18 Å². The molecule has 0 heterocycles. The summed E-state index contributed by atoms with van der Waals surface area (Å²) in [7, 11) is 2.84. The highest BCUT2D eigenvalue weighted by molar-refractivity contribution is 6.10. The highest BCUT2D eigenvalue weighted by atomic mass is 16.5. The van der Waals surface area contributed by atoms with Crippen LogP contribution in [-0.2, 0) is 9.59 Å². The number of hydrogen-bond donors (Lipinski definition) is 1. The Balaban J connectivity index is 1.98. The Morgan fingerprint density at radius 2 is 1.46 bits per heavy atom. The number of carbonyl (C=O) groups is 2. The van der Waals surface area contributed by atoms with Crippen molar-refractivity contribution in [2.75, 3.05) is 14.2 Å². The number of hydrogen-bond acceptors (Lipinski definition) is 7. The first-order valence-electron chi connectivity index (χ1n) is 8.27. The van der Waals surface area contributed by atoms with E-state index < -0.39 is 0 Å². The molecule has 0 amide bonds.